The molecule has 0 unspecified atom stereocenters. The van der Waals surface area contributed by atoms with Gasteiger partial charge in [0, 0.05) is 21.3 Å². The highest BCUT2D eigenvalue weighted by atomic mass is 35.5. The number of rotatable bonds is 3. The van der Waals surface area contributed by atoms with Crippen molar-refractivity contribution in [2.45, 2.75) is 20.4 Å². The van der Waals surface area contributed by atoms with Crippen LogP contribution in [0.25, 0.3) is 0 Å². The lowest BCUT2D eigenvalue weighted by molar-refractivity contribution is 1.19. The largest absolute Gasteiger partial charge is 0.397 e. The summed E-state index contributed by atoms with van der Waals surface area (Å²) in [6.07, 6.45) is 0. The van der Waals surface area contributed by atoms with Crippen LogP contribution >= 0.6 is 22.9 Å². The van der Waals surface area contributed by atoms with Gasteiger partial charge in [-0.2, -0.15) is 0 Å². The van der Waals surface area contributed by atoms with Crippen molar-refractivity contribution in [2.75, 3.05) is 11.1 Å². The van der Waals surface area contributed by atoms with E-state index in [1.807, 2.05) is 23.5 Å². The van der Waals surface area contributed by atoms with E-state index in [2.05, 4.69) is 25.2 Å². The van der Waals surface area contributed by atoms with E-state index in [9.17, 15) is 0 Å². The van der Waals surface area contributed by atoms with Crippen LogP contribution in [-0.4, -0.2) is 0 Å². The topological polar surface area (TPSA) is 38.0 Å². The molecule has 1 aromatic heterocycles. The number of halogens is 1. The van der Waals surface area contributed by atoms with Gasteiger partial charge in [0.2, 0.25) is 0 Å². The van der Waals surface area contributed by atoms with Crippen LogP contribution in [0.1, 0.15) is 15.3 Å². The maximum absolute atomic E-state index is 5.88. The van der Waals surface area contributed by atoms with Crippen LogP contribution in [-0.2, 0) is 6.54 Å². The summed E-state index contributed by atoms with van der Waals surface area (Å²) in [5.74, 6) is 0. The fourth-order valence-electron chi connectivity index (χ4n) is 1.61. The van der Waals surface area contributed by atoms with Gasteiger partial charge in [-0.15, -0.1) is 11.3 Å². The summed E-state index contributed by atoms with van der Waals surface area (Å²) in [6, 6.07) is 7.71. The Kier molecular flexibility index (Phi) is 3.60. The maximum Gasteiger partial charge on any atom is 0.0577 e. The van der Waals surface area contributed by atoms with Gasteiger partial charge in [0.25, 0.3) is 0 Å². The monoisotopic (exact) mass is 266 g/mol. The molecule has 1 aromatic carbocycles. The molecule has 2 aromatic rings. The molecule has 0 radical (unpaired) electrons. The number of aryl methyl sites for hydroxylation is 2. The molecule has 3 N–H and O–H groups in total. The third kappa shape index (κ3) is 2.93. The molecule has 0 aliphatic heterocycles. The molecule has 0 saturated carbocycles. The molecule has 0 aliphatic rings. The van der Waals surface area contributed by atoms with Crippen molar-refractivity contribution in [3.8, 4) is 0 Å². The molecule has 0 spiro atoms. The Balaban J connectivity index is 2.07. The summed E-state index contributed by atoms with van der Waals surface area (Å²) in [6.45, 7) is 5.07. The molecular weight excluding hydrogens is 252 g/mol. The fourth-order valence-corrected chi connectivity index (χ4v) is 2.79. The van der Waals surface area contributed by atoms with E-state index < -0.39 is 0 Å². The van der Waals surface area contributed by atoms with Gasteiger partial charge in [-0.3, -0.25) is 0 Å². The van der Waals surface area contributed by atoms with E-state index in [1.54, 1.807) is 6.07 Å². The smallest absolute Gasteiger partial charge is 0.0577 e. The summed E-state index contributed by atoms with van der Waals surface area (Å²) in [5, 5.41) is 3.99. The lowest BCUT2D eigenvalue weighted by Gasteiger charge is -2.08. The van der Waals surface area contributed by atoms with Crippen molar-refractivity contribution in [1.82, 2.24) is 0 Å². The van der Waals surface area contributed by atoms with Crippen LogP contribution in [0.5, 0.6) is 0 Å². The van der Waals surface area contributed by atoms with Crippen LogP contribution in [0.15, 0.2) is 24.3 Å². The highest BCUT2D eigenvalue weighted by molar-refractivity contribution is 7.12. The molecule has 1 heterocycles. The predicted octanol–water partition coefficient (Wildman–Crippen LogP) is 4.21. The van der Waals surface area contributed by atoms with Gasteiger partial charge < -0.3 is 11.1 Å². The first kappa shape index (κ1) is 12.3. The zero-order valence-electron chi connectivity index (χ0n) is 9.88. The number of hydrogen-bond donors (Lipinski definition) is 2. The van der Waals surface area contributed by atoms with Gasteiger partial charge in [-0.1, -0.05) is 11.6 Å². The number of nitrogens with one attached hydrogen (secondary N) is 1. The van der Waals surface area contributed by atoms with Crippen molar-refractivity contribution >= 4 is 34.3 Å². The summed E-state index contributed by atoms with van der Waals surface area (Å²) >= 11 is 7.67. The van der Waals surface area contributed by atoms with Crippen molar-refractivity contribution < 1.29 is 0 Å². The second-order valence-corrected chi connectivity index (χ2v) is 5.81. The van der Waals surface area contributed by atoms with Crippen LogP contribution in [0.2, 0.25) is 5.02 Å². The van der Waals surface area contributed by atoms with E-state index in [0.717, 1.165) is 12.2 Å². The van der Waals surface area contributed by atoms with Crippen molar-refractivity contribution in [3.63, 3.8) is 0 Å². The van der Waals surface area contributed by atoms with Crippen molar-refractivity contribution in [2.24, 2.45) is 0 Å². The van der Waals surface area contributed by atoms with E-state index >= 15 is 0 Å². The molecule has 0 fully saturated rings. The highest BCUT2D eigenvalue weighted by Gasteiger charge is 2.03. The SMILES string of the molecule is Cc1cc(CNc2ccc(Cl)cc2N)sc1C. The first-order chi connectivity index (χ1) is 8.06. The van der Waals surface area contributed by atoms with E-state index in [-0.39, 0.29) is 0 Å². The standard InChI is InChI=1S/C13H15ClN2S/c1-8-5-11(17-9(8)2)7-16-13-4-3-10(14)6-12(13)15/h3-6,16H,7,15H2,1-2H3. The number of nitrogens with two attached hydrogens (primary N) is 1. The molecule has 4 heteroatoms. The minimum atomic E-state index is 0.663. The summed E-state index contributed by atoms with van der Waals surface area (Å²) < 4.78 is 0. The lowest BCUT2D eigenvalue weighted by atomic mass is 10.2. The molecule has 90 valence electrons. The van der Waals surface area contributed by atoms with Gasteiger partial charge >= 0.3 is 0 Å². The Hall–Kier alpha value is -1.19. The maximum atomic E-state index is 5.88. The zero-order valence-corrected chi connectivity index (χ0v) is 11.5. The Labute approximate surface area is 110 Å². The lowest BCUT2D eigenvalue weighted by Crippen LogP contribution is -2.00. The summed E-state index contributed by atoms with van der Waals surface area (Å²) in [5.41, 5.74) is 8.83. The van der Waals surface area contributed by atoms with Crippen LogP contribution in [0, 0.1) is 13.8 Å². The Bertz CT molecular complexity index is 515. The number of benzene rings is 1. The van der Waals surface area contributed by atoms with Gasteiger partial charge in [0.1, 0.15) is 0 Å². The first-order valence-corrected chi connectivity index (χ1v) is 6.60. The third-order valence-corrected chi connectivity index (χ3v) is 4.07. The normalized spacial score (nSPS) is 10.5. The Morgan fingerprint density at radius 1 is 1.29 bits per heavy atom. The molecule has 2 nitrogen and oxygen atoms in total. The molecule has 0 aliphatic carbocycles. The van der Waals surface area contributed by atoms with Crippen LogP contribution in [0.4, 0.5) is 11.4 Å². The summed E-state index contributed by atoms with van der Waals surface area (Å²) in [4.78, 5) is 2.68. The fraction of sp³-hybridized carbons (Fsp3) is 0.231. The Morgan fingerprint density at radius 3 is 2.65 bits per heavy atom. The van der Waals surface area contributed by atoms with Crippen molar-refractivity contribution in [3.05, 3.63) is 44.6 Å². The second kappa shape index (κ2) is 4.98. The van der Waals surface area contributed by atoms with Gasteiger partial charge in [-0.25, -0.2) is 0 Å². The number of thiophene rings is 1. The molecule has 0 amide bonds. The summed E-state index contributed by atoms with van der Waals surface area (Å²) in [7, 11) is 0. The van der Waals surface area contributed by atoms with E-state index in [0.29, 0.717) is 10.7 Å². The quantitative estimate of drug-likeness (QED) is 0.817. The number of nitrogen functional groups attached to an aromatic ring is 1. The van der Waals surface area contributed by atoms with Crippen LogP contribution < -0.4 is 11.1 Å². The van der Waals surface area contributed by atoms with Crippen molar-refractivity contribution in [1.29, 1.82) is 0 Å². The molecule has 0 saturated heterocycles. The predicted molar refractivity (Wildman–Crippen MR) is 77.0 cm³/mol. The minimum absolute atomic E-state index is 0.663. The molecule has 17 heavy (non-hydrogen) atoms. The number of hydrogen-bond acceptors (Lipinski definition) is 3. The van der Waals surface area contributed by atoms with Gasteiger partial charge in [0.15, 0.2) is 0 Å². The first-order valence-electron chi connectivity index (χ1n) is 5.41. The molecule has 2 rings (SSSR count). The Morgan fingerprint density at radius 2 is 2.06 bits per heavy atom. The van der Waals surface area contributed by atoms with Gasteiger partial charge in [-0.05, 0) is 43.7 Å². The van der Waals surface area contributed by atoms with Gasteiger partial charge in [0.05, 0.1) is 11.4 Å². The molecule has 0 atom stereocenters. The second-order valence-electron chi connectivity index (χ2n) is 4.04. The van der Waals surface area contributed by atoms with E-state index in [4.69, 9.17) is 17.3 Å². The average Bonchev–Trinajstić information content (AvgIpc) is 2.57. The third-order valence-electron chi connectivity index (χ3n) is 2.68. The zero-order chi connectivity index (χ0) is 12.4. The highest BCUT2D eigenvalue weighted by Crippen LogP contribution is 2.25. The molecular formula is C13H15ClN2S. The number of anilines is 2. The average molecular weight is 267 g/mol. The minimum Gasteiger partial charge on any atom is -0.397 e. The molecule has 0 bridgehead atoms. The van der Waals surface area contributed by atoms with E-state index in [1.165, 1.54) is 15.3 Å². The van der Waals surface area contributed by atoms with Crippen LogP contribution in [0.3, 0.4) is 0 Å².